The van der Waals surface area contributed by atoms with E-state index in [0.29, 0.717) is 0 Å². The second kappa shape index (κ2) is 5.01. The van der Waals surface area contributed by atoms with Gasteiger partial charge in [0.25, 0.3) is 0 Å². The van der Waals surface area contributed by atoms with E-state index in [4.69, 9.17) is 11.6 Å². The largest absolute Gasteiger partial charge is 0.417 e. The van der Waals surface area contributed by atoms with E-state index in [0.717, 1.165) is 18.2 Å². The minimum Gasteiger partial charge on any atom is -0.289 e. The molecular formula is C13H7ClF3NO. The Morgan fingerprint density at radius 1 is 1.11 bits per heavy atom. The lowest BCUT2D eigenvalue weighted by atomic mass is 9.99. The summed E-state index contributed by atoms with van der Waals surface area (Å²) < 4.78 is 38.5. The molecule has 2 nitrogen and oxygen atoms in total. The van der Waals surface area contributed by atoms with Crippen LogP contribution in [-0.4, -0.2) is 10.8 Å². The Morgan fingerprint density at radius 3 is 2.32 bits per heavy atom. The number of hydrogen-bond donors (Lipinski definition) is 0. The van der Waals surface area contributed by atoms with Crippen molar-refractivity contribution < 1.29 is 18.0 Å². The molecule has 0 spiro atoms. The molecule has 0 aliphatic heterocycles. The van der Waals surface area contributed by atoms with Gasteiger partial charge < -0.3 is 0 Å². The van der Waals surface area contributed by atoms with E-state index in [1.165, 1.54) is 24.5 Å². The topological polar surface area (TPSA) is 30.0 Å². The van der Waals surface area contributed by atoms with Crippen LogP contribution in [0.3, 0.4) is 0 Å². The molecule has 0 N–H and O–H groups in total. The van der Waals surface area contributed by atoms with Crippen LogP contribution in [0.15, 0.2) is 42.7 Å². The first kappa shape index (κ1) is 13.5. The van der Waals surface area contributed by atoms with Gasteiger partial charge in [0.05, 0.1) is 5.56 Å². The highest BCUT2D eigenvalue weighted by molar-refractivity contribution is 6.31. The van der Waals surface area contributed by atoms with Gasteiger partial charge in [0, 0.05) is 28.5 Å². The van der Waals surface area contributed by atoms with Crippen molar-refractivity contribution in [3.8, 4) is 0 Å². The van der Waals surface area contributed by atoms with Crippen LogP contribution in [0.2, 0.25) is 5.02 Å². The molecule has 0 radical (unpaired) electrons. The number of carbonyl (C=O) groups excluding carboxylic acids is 1. The van der Waals surface area contributed by atoms with E-state index in [9.17, 15) is 18.0 Å². The zero-order chi connectivity index (χ0) is 14.0. The Morgan fingerprint density at radius 2 is 1.74 bits per heavy atom. The molecule has 0 saturated carbocycles. The molecule has 0 atom stereocenters. The van der Waals surface area contributed by atoms with Gasteiger partial charge in [-0.25, -0.2) is 0 Å². The summed E-state index contributed by atoms with van der Waals surface area (Å²) in [6.07, 6.45) is -1.93. The van der Waals surface area contributed by atoms with Crippen LogP contribution in [0.4, 0.5) is 13.2 Å². The zero-order valence-corrected chi connectivity index (χ0v) is 10.2. The fraction of sp³-hybridized carbons (Fsp3) is 0.0769. The highest BCUT2D eigenvalue weighted by Crippen LogP contribution is 2.34. The summed E-state index contributed by atoms with van der Waals surface area (Å²) in [6, 6.07) is 5.63. The predicted molar refractivity (Wildman–Crippen MR) is 64.1 cm³/mol. The molecule has 0 amide bonds. The van der Waals surface area contributed by atoms with E-state index >= 15 is 0 Å². The van der Waals surface area contributed by atoms with Crippen LogP contribution in [0.25, 0.3) is 0 Å². The van der Waals surface area contributed by atoms with Crippen LogP contribution < -0.4 is 0 Å². The van der Waals surface area contributed by atoms with Crippen molar-refractivity contribution in [3.63, 3.8) is 0 Å². The fourth-order valence-corrected chi connectivity index (χ4v) is 1.78. The number of hydrogen-bond acceptors (Lipinski definition) is 2. The van der Waals surface area contributed by atoms with Crippen LogP contribution >= 0.6 is 11.6 Å². The van der Waals surface area contributed by atoms with Gasteiger partial charge in [0.15, 0.2) is 5.78 Å². The molecule has 0 unspecified atom stereocenters. The molecule has 0 aliphatic rings. The minimum atomic E-state index is -4.61. The molecule has 1 aromatic carbocycles. The number of nitrogens with zero attached hydrogens (tertiary/aromatic N) is 1. The van der Waals surface area contributed by atoms with Gasteiger partial charge in [0.2, 0.25) is 0 Å². The van der Waals surface area contributed by atoms with E-state index in [-0.39, 0.29) is 10.6 Å². The number of aromatic nitrogens is 1. The van der Waals surface area contributed by atoms with Crippen molar-refractivity contribution in [3.05, 3.63) is 64.4 Å². The Labute approximate surface area is 111 Å². The first-order valence-corrected chi connectivity index (χ1v) is 5.59. The molecule has 2 aromatic rings. The number of benzene rings is 1. The van der Waals surface area contributed by atoms with Crippen LogP contribution in [-0.2, 0) is 6.18 Å². The summed E-state index contributed by atoms with van der Waals surface area (Å²) in [5, 5.41) is 0.0745. The normalized spacial score (nSPS) is 11.4. The highest BCUT2D eigenvalue weighted by atomic mass is 35.5. The van der Waals surface area contributed by atoms with Crippen LogP contribution in [0.5, 0.6) is 0 Å². The van der Waals surface area contributed by atoms with Crippen LogP contribution in [0.1, 0.15) is 21.5 Å². The minimum absolute atomic E-state index is 0.0745. The lowest BCUT2D eigenvalue weighted by molar-refractivity contribution is -0.137. The Balaban J connectivity index is 2.56. The number of rotatable bonds is 2. The SMILES string of the molecule is O=C(c1ccncc1)c1cc(Cl)ccc1C(F)(F)F. The smallest absolute Gasteiger partial charge is 0.289 e. The number of carbonyl (C=O) groups is 1. The molecule has 1 aromatic heterocycles. The van der Waals surface area contributed by atoms with Crippen molar-refractivity contribution >= 4 is 17.4 Å². The third kappa shape index (κ3) is 2.93. The second-order valence-electron chi connectivity index (χ2n) is 3.75. The second-order valence-corrected chi connectivity index (χ2v) is 4.19. The van der Waals surface area contributed by atoms with Crippen molar-refractivity contribution in [2.45, 2.75) is 6.18 Å². The molecule has 0 saturated heterocycles. The zero-order valence-electron chi connectivity index (χ0n) is 9.41. The number of ketones is 1. The van der Waals surface area contributed by atoms with Gasteiger partial charge in [0.1, 0.15) is 0 Å². The molecule has 98 valence electrons. The third-order valence-corrected chi connectivity index (χ3v) is 2.71. The molecule has 1 heterocycles. The molecule has 6 heteroatoms. The van der Waals surface area contributed by atoms with Gasteiger partial charge in [-0.2, -0.15) is 13.2 Å². The molecule has 2 rings (SSSR count). The molecule has 0 aliphatic carbocycles. The Bertz CT molecular complexity index is 611. The first-order chi connectivity index (χ1) is 8.89. The average Bonchev–Trinajstić information content (AvgIpc) is 2.37. The monoisotopic (exact) mass is 285 g/mol. The summed E-state index contributed by atoms with van der Waals surface area (Å²) in [4.78, 5) is 15.8. The molecular weight excluding hydrogens is 279 g/mol. The summed E-state index contributed by atoms with van der Waals surface area (Å²) in [6.45, 7) is 0. The Hall–Kier alpha value is -1.88. The van der Waals surface area contributed by atoms with Gasteiger partial charge in [-0.15, -0.1) is 0 Å². The highest BCUT2D eigenvalue weighted by Gasteiger charge is 2.35. The summed E-state index contributed by atoms with van der Waals surface area (Å²) in [5.74, 6) is -0.739. The first-order valence-electron chi connectivity index (χ1n) is 5.21. The van der Waals surface area contributed by atoms with Crippen molar-refractivity contribution in [2.75, 3.05) is 0 Å². The lowest BCUT2D eigenvalue weighted by Gasteiger charge is -2.12. The molecule has 0 bridgehead atoms. The van der Waals surface area contributed by atoms with Crippen LogP contribution in [0, 0.1) is 0 Å². The lowest BCUT2D eigenvalue weighted by Crippen LogP contribution is -2.13. The number of pyridine rings is 1. The summed E-state index contributed by atoms with van der Waals surface area (Å²) in [7, 11) is 0. The predicted octanol–water partition coefficient (Wildman–Crippen LogP) is 3.98. The van der Waals surface area contributed by atoms with E-state index in [1.54, 1.807) is 0 Å². The van der Waals surface area contributed by atoms with E-state index in [2.05, 4.69) is 4.98 Å². The van der Waals surface area contributed by atoms with Gasteiger partial charge in [-0.1, -0.05) is 11.6 Å². The van der Waals surface area contributed by atoms with E-state index in [1.807, 2.05) is 0 Å². The maximum atomic E-state index is 12.8. The van der Waals surface area contributed by atoms with Crippen molar-refractivity contribution in [2.24, 2.45) is 0 Å². The Kier molecular flexibility index (Phi) is 3.57. The maximum absolute atomic E-state index is 12.8. The average molecular weight is 286 g/mol. The summed E-state index contributed by atoms with van der Waals surface area (Å²) in [5.41, 5.74) is -1.34. The summed E-state index contributed by atoms with van der Waals surface area (Å²) >= 11 is 5.67. The van der Waals surface area contributed by atoms with Gasteiger partial charge in [-0.05, 0) is 30.3 Å². The standard InChI is InChI=1S/C13H7ClF3NO/c14-9-1-2-11(13(15,16)17)10(7-9)12(19)8-3-5-18-6-4-8/h1-7H. The van der Waals surface area contributed by atoms with Crippen molar-refractivity contribution in [1.29, 1.82) is 0 Å². The number of halogens is 4. The van der Waals surface area contributed by atoms with Crippen molar-refractivity contribution in [1.82, 2.24) is 4.98 Å². The van der Waals surface area contributed by atoms with Gasteiger partial charge >= 0.3 is 6.18 Å². The van der Waals surface area contributed by atoms with Gasteiger partial charge in [-0.3, -0.25) is 9.78 Å². The number of alkyl halides is 3. The molecule has 19 heavy (non-hydrogen) atoms. The van der Waals surface area contributed by atoms with E-state index < -0.39 is 23.1 Å². The fourth-order valence-electron chi connectivity index (χ4n) is 1.61. The third-order valence-electron chi connectivity index (χ3n) is 2.47. The quantitative estimate of drug-likeness (QED) is 0.781. The maximum Gasteiger partial charge on any atom is 0.417 e. The molecule has 0 fully saturated rings.